The molecule has 106 valence electrons. The zero-order valence-corrected chi connectivity index (χ0v) is 12.5. The molecule has 2 saturated carbocycles. The Bertz CT molecular complexity index is 219. The zero-order chi connectivity index (χ0) is 12.8. The van der Waals surface area contributed by atoms with Gasteiger partial charge in [0.1, 0.15) is 0 Å². The van der Waals surface area contributed by atoms with Crippen LogP contribution in [0, 0.1) is 5.92 Å². The van der Waals surface area contributed by atoms with E-state index in [4.69, 9.17) is 0 Å². The maximum absolute atomic E-state index is 3.78. The predicted molar refractivity (Wildman–Crippen MR) is 78.9 cm³/mol. The van der Waals surface area contributed by atoms with Crippen molar-refractivity contribution in [3.05, 3.63) is 0 Å². The van der Waals surface area contributed by atoms with Crippen LogP contribution in [0.5, 0.6) is 0 Å². The molecule has 0 saturated heterocycles. The molecular formula is C16H32N2. The standard InChI is InChI=1S/C16H32N2/c1-3-12-18(15-10-11-15)13-16(17-4-2)14-8-6-5-7-9-14/h14-17H,3-13H2,1-2H3. The molecule has 0 bridgehead atoms. The molecule has 2 heteroatoms. The van der Waals surface area contributed by atoms with Crippen molar-refractivity contribution in [2.24, 2.45) is 5.92 Å². The summed E-state index contributed by atoms with van der Waals surface area (Å²) in [4.78, 5) is 2.77. The number of hydrogen-bond acceptors (Lipinski definition) is 2. The van der Waals surface area contributed by atoms with Gasteiger partial charge in [-0.2, -0.15) is 0 Å². The van der Waals surface area contributed by atoms with E-state index in [0.29, 0.717) is 0 Å². The molecule has 0 radical (unpaired) electrons. The van der Waals surface area contributed by atoms with E-state index in [1.54, 1.807) is 0 Å². The summed E-state index contributed by atoms with van der Waals surface area (Å²) in [6.07, 6.45) is 11.5. The Balaban J connectivity index is 1.86. The molecule has 0 aromatic heterocycles. The first kappa shape index (κ1) is 14.3. The van der Waals surface area contributed by atoms with Crippen molar-refractivity contribution in [2.75, 3.05) is 19.6 Å². The molecule has 2 aliphatic carbocycles. The minimum Gasteiger partial charge on any atom is -0.313 e. The molecule has 18 heavy (non-hydrogen) atoms. The molecule has 2 rings (SSSR count). The van der Waals surface area contributed by atoms with E-state index < -0.39 is 0 Å². The monoisotopic (exact) mass is 252 g/mol. The summed E-state index contributed by atoms with van der Waals surface area (Å²) in [6.45, 7) is 8.32. The molecule has 1 atom stereocenters. The molecular weight excluding hydrogens is 220 g/mol. The van der Waals surface area contributed by atoms with Gasteiger partial charge in [-0.25, -0.2) is 0 Å². The third-order valence-electron chi connectivity index (χ3n) is 4.69. The summed E-state index contributed by atoms with van der Waals surface area (Å²) in [5.41, 5.74) is 0. The smallest absolute Gasteiger partial charge is 0.0223 e. The summed E-state index contributed by atoms with van der Waals surface area (Å²) in [5.74, 6) is 0.941. The van der Waals surface area contributed by atoms with Crippen LogP contribution in [-0.2, 0) is 0 Å². The fraction of sp³-hybridized carbons (Fsp3) is 1.00. The molecule has 2 aliphatic rings. The molecule has 0 heterocycles. The molecule has 0 aromatic carbocycles. The van der Waals surface area contributed by atoms with Gasteiger partial charge in [-0.05, 0) is 51.1 Å². The largest absolute Gasteiger partial charge is 0.313 e. The molecule has 0 aliphatic heterocycles. The molecule has 0 spiro atoms. The second-order valence-electron chi connectivity index (χ2n) is 6.29. The number of rotatable bonds is 8. The lowest BCUT2D eigenvalue weighted by Crippen LogP contribution is -2.47. The SMILES string of the molecule is CCCN(CC(NCC)C1CCCCC1)C1CC1. The third-order valence-corrected chi connectivity index (χ3v) is 4.69. The van der Waals surface area contributed by atoms with Crippen LogP contribution >= 0.6 is 0 Å². The Morgan fingerprint density at radius 2 is 1.78 bits per heavy atom. The van der Waals surface area contributed by atoms with Gasteiger partial charge >= 0.3 is 0 Å². The predicted octanol–water partition coefficient (Wildman–Crippen LogP) is 3.42. The second-order valence-corrected chi connectivity index (χ2v) is 6.29. The average molecular weight is 252 g/mol. The molecule has 0 aromatic rings. The number of hydrogen-bond donors (Lipinski definition) is 1. The van der Waals surface area contributed by atoms with Gasteiger partial charge in [0, 0.05) is 18.6 Å². The van der Waals surface area contributed by atoms with Crippen molar-refractivity contribution in [3.8, 4) is 0 Å². The highest BCUT2D eigenvalue weighted by Crippen LogP contribution is 2.30. The van der Waals surface area contributed by atoms with E-state index in [2.05, 4.69) is 24.1 Å². The van der Waals surface area contributed by atoms with Crippen molar-refractivity contribution in [2.45, 2.75) is 77.3 Å². The summed E-state index contributed by atoms with van der Waals surface area (Å²) in [7, 11) is 0. The van der Waals surface area contributed by atoms with E-state index in [1.807, 2.05) is 0 Å². The van der Waals surface area contributed by atoms with E-state index >= 15 is 0 Å². The topological polar surface area (TPSA) is 15.3 Å². The summed E-state index contributed by atoms with van der Waals surface area (Å²) < 4.78 is 0. The third kappa shape index (κ3) is 4.24. The summed E-state index contributed by atoms with van der Waals surface area (Å²) >= 11 is 0. The first-order valence-electron chi connectivity index (χ1n) is 8.32. The van der Waals surface area contributed by atoms with Crippen LogP contribution in [0.25, 0.3) is 0 Å². The van der Waals surface area contributed by atoms with E-state index in [9.17, 15) is 0 Å². The van der Waals surface area contributed by atoms with Crippen LogP contribution in [0.3, 0.4) is 0 Å². The Morgan fingerprint density at radius 1 is 1.06 bits per heavy atom. The molecule has 2 nitrogen and oxygen atoms in total. The van der Waals surface area contributed by atoms with Crippen LogP contribution in [-0.4, -0.2) is 36.6 Å². The van der Waals surface area contributed by atoms with Crippen molar-refractivity contribution >= 4 is 0 Å². The maximum atomic E-state index is 3.78. The number of likely N-dealkylation sites (N-methyl/N-ethyl adjacent to an activating group) is 1. The van der Waals surface area contributed by atoms with Gasteiger partial charge in [-0.1, -0.05) is 33.1 Å². The fourth-order valence-corrected chi connectivity index (χ4v) is 3.58. The average Bonchev–Trinajstić information content (AvgIpc) is 3.23. The Morgan fingerprint density at radius 3 is 2.33 bits per heavy atom. The first-order valence-corrected chi connectivity index (χ1v) is 8.32. The normalized spacial score (nSPS) is 23.5. The summed E-state index contributed by atoms with van der Waals surface area (Å²) in [5, 5.41) is 3.78. The van der Waals surface area contributed by atoms with Crippen LogP contribution in [0.15, 0.2) is 0 Å². The van der Waals surface area contributed by atoms with Gasteiger partial charge in [0.25, 0.3) is 0 Å². The van der Waals surface area contributed by atoms with E-state index in [0.717, 1.165) is 24.5 Å². The highest BCUT2D eigenvalue weighted by Gasteiger charge is 2.32. The summed E-state index contributed by atoms with van der Waals surface area (Å²) in [6, 6.07) is 1.68. The van der Waals surface area contributed by atoms with Crippen LogP contribution in [0.4, 0.5) is 0 Å². The maximum Gasteiger partial charge on any atom is 0.0223 e. The Hall–Kier alpha value is -0.0800. The number of nitrogens with zero attached hydrogens (tertiary/aromatic N) is 1. The fourth-order valence-electron chi connectivity index (χ4n) is 3.58. The lowest BCUT2D eigenvalue weighted by atomic mass is 9.83. The van der Waals surface area contributed by atoms with Crippen LogP contribution in [0.2, 0.25) is 0 Å². The quantitative estimate of drug-likeness (QED) is 0.712. The molecule has 1 unspecified atom stereocenters. The van der Waals surface area contributed by atoms with Crippen molar-refractivity contribution in [1.82, 2.24) is 10.2 Å². The Kier molecular flexibility index (Phi) is 5.97. The van der Waals surface area contributed by atoms with Crippen molar-refractivity contribution < 1.29 is 0 Å². The van der Waals surface area contributed by atoms with Crippen LogP contribution < -0.4 is 5.32 Å². The Labute approximate surface area is 114 Å². The van der Waals surface area contributed by atoms with E-state index in [-0.39, 0.29) is 0 Å². The highest BCUT2D eigenvalue weighted by molar-refractivity contribution is 4.89. The zero-order valence-electron chi connectivity index (χ0n) is 12.5. The van der Waals surface area contributed by atoms with Gasteiger partial charge in [0.05, 0.1) is 0 Å². The molecule has 0 amide bonds. The van der Waals surface area contributed by atoms with Crippen LogP contribution in [0.1, 0.15) is 65.2 Å². The van der Waals surface area contributed by atoms with E-state index in [1.165, 1.54) is 64.5 Å². The second kappa shape index (κ2) is 7.49. The van der Waals surface area contributed by atoms with Gasteiger partial charge in [-0.3, -0.25) is 4.90 Å². The first-order chi connectivity index (χ1) is 8.85. The number of nitrogens with one attached hydrogen (secondary N) is 1. The lowest BCUT2D eigenvalue weighted by Gasteiger charge is -2.35. The van der Waals surface area contributed by atoms with Gasteiger partial charge in [-0.15, -0.1) is 0 Å². The highest BCUT2D eigenvalue weighted by atomic mass is 15.2. The van der Waals surface area contributed by atoms with Crippen molar-refractivity contribution in [1.29, 1.82) is 0 Å². The minimum atomic E-state index is 0.752. The molecule has 2 fully saturated rings. The molecule has 1 N–H and O–H groups in total. The van der Waals surface area contributed by atoms with Gasteiger partial charge < -0.3 is 5.32 Å². The van der Waals surface area contributed by atoms with Crippen molar-refractivity contribution in [3.63, 3.8) is 0 Å². The van der Waals surface area contributed by atoms with Gasteiger partial charge in [0.2, 0.25) is 0 Å². The van der Waals surface area contributed by atoms with Gasteiger partial charge in [0.15, 0.2) is 0 Å². The minimum absolute atomic E-state index is 0.752. The lowest BCUT2D eigenvalue weighted by molar-refractivity contribution is 0.178.